The molecule has 1 fully saturated rings. The number of ether oxygens (including phenoxy) is 1. The van der Waals surface area contributed by atoms with Crippen LogP contribution in [-0.4, -0.2) is 101 Å². The molecule has 0 saturated carbocycles. The Morgan fingerprint density at radius 3 is 2.43 bits per heavy atom. The van der Waals surface area contributed by atoms with Gasteiger partial charge in [-0.15, -0.1) is 0 Å². The van der Waals surface area contributed by atoms with Gasteiger partial charge in [0.15, 0.2) is 28.6 Å². The van der Waals surface area contributed by atoms with Gasteiger partial charge in [0.05, 0.1) is 6.33 Å². The van der Waals surface area contributed by atoms with E-state index in [9.17, 15) is 24.9 Å². The van der Waals surface area contributed by atoms with Crippen LogP contribution in [0.2, 0.25) is 0 Å². The number of imidazole rings is 1. The van der Waals surface area contributed by atoms with Crippen molar-refractivity contribution in [2.45, 2.75) is 109 Å². The van der Waals surface area contributed by atoms with Crippen LogP contribution in [0.25, 0.3) is 44.6 Å². The summed E-state index contributed by atoms with van der Waals surface area (Å²) in [6, 6.07) is 25.9. The Labute approximate surface area is 407 Å². The number of rotatable bonds is 19. The molecule has 0 radical (unpaired) electrons. The summed E-state index contributed by atoms with van der Waals surface area (Å²) >= 11 is 5.81. The van der Waals surface area contributed by atoms with Gasteiger partial charge in [-0.25, -0.2) is 19.7 Å². The second-order valence-corrected chi connectivity index (χ2v) is 19.8. The second kappa shape index (κ2) is 21.6. The number of amides is 2. The number of aromatic nitrogens is 4. The average Bonchev–Trinajstić information content (AvgIpc) is 3.87. The Bertz CT molecular complexity index is 2910. The fraction of sp³-hybridized carbons (Fsp3) is 0.396. The van der Waals surface area contributed by atoms with Crippen molar-refractivity contribution < 1.29 is 29.3 Å². The van der Waals surface area contributed by atoms with Crippen LogP contribution in [-0.2, 0) is 16.6 Å². The fourth-order valence-corrected chi connectivity index (χ4v) is 9.20. The minimum absolute atomic E-state index is 0.0327. The number of phenolic OH excluding ortho intramolecular Hbond substituents is 1. The fourth-order valence-electron chi connectivity index (χ4n) is 8.89. The maximum absolute atomic E-state index is 12.6. The van der Waals surface area contributed by atoms with E-state index in [1.807, 2.05) is 30.3 Å². The van der Waals surface area contributed by atoms with Gasteiger partial charge in [-0.1, -0.05) is 75.8 Å². The number of aromatic hydroxyl groups is 1. The van der Waals surface area contributed by atoms with Crippen molar-refractivity contribution in [3.63, 3.8) is 0 Å². The second-order valence-electron chi connectivity index (χ2n) is 19.2. The summed E-state index contributed by atoms with van der Waals surface area (Å²) in [6.07, 6.45) is 4.10. The van der Waals surface area contributed by atoms with Gasteiger partial charge in [-0.3, -0.25) is 14.3 Å². The van der Waals surface area contributed by atoms with Gasteiger partial charge in [0, 0.05) is 73.0 Å². The summed E-state index contributed by atoms with van der Waals surface area (Å²) in [5.74, 6) is 1.13. The number of carbonyl (C=O) groups excluding carboxylic acids is 1. The molecule has 6 N–H and O–H groups in total. The monoisotopic (exact) mass is 954 g/mol. The lowest BCUT2D eigenvalue weighted by Gasteiger charge is -2.30. The third-order valence-corrected chi connectivity index (χ3v) is 13.1. The molecular formula is C53H62N8O7S. The predicted octanol–water partition coefficient (Wildman–Crippen LogP) is 8.83. The van der Waals surface area contributed by atoms with Crippen molar-refractivity contribution in [3.05, 3.63) is 119 Å². The first-order valence-corrected chi connectivity index (χ1v) is 24.2. The Hall–Kier alpha value is -6.30. The number of anilines is 2. The van der Waals surface area contributed by atoms with Crippen LogP contribution in [0.4, 0.5) is 16.3 Å². The zero-order chi connectivity index (χ0) is 48.8. The zero-order valence-corrected chi connectivity index (χ0v) is 40.6. The van der Waals surface area contributed by atoms with Crippen LogP contribution in [0.1, 0.15) is 84.1 Å². The van der Waals surface area contributed by atoms with Gasteiger partial charge in [0.2, 0.25) is 0 Å². The number of urea groups is 1. The average molecular weight is 955 g/mol. The molecule has 0 spiro atoms. The van der Waals surface area contributed by atoms with Crippen molar-refractivity contribution in [2.24, 2.45) is 0 Å². The van der Waals surface area contributed by atoms with Crippen molar-refractivity contribution in [1.29, 1.82) is 0 Å². The Morgan fingerprint density at radius 2 is 1.68 bits per heavy atom. The third-order valence-electron chi connectivity index (χ3n) is 12.8. The summed E-state index contributed by atoms with van der Waals surface area (Å²) in [4.78, 5) is 41.4. The predicted molar refractivity (Wildman–Crippen MR) is 274 cm³/mol. The standard InChI is InChI=1S/C53H62N8O7S/c1-32(2)60(25-9-24-55-52(66)59-36-17-15-35(16-18-36)53(3,4)5)29-44-47(64)48(65)51(68-44)61-31-58-46-49(56-30-57-50(46)61)54-23-8-6-7-10-39(69)26-33-11-13-34(14-12-33)45-40-21-19-37(62)27-42(40)67-43-28-38(63)20-22-41(43)45/h11-22,27-28,30-32,44,47-48,51,62,64-65H,6-10,23-26,29H2,1-5H3,(H,54,56,57)(H2,55,59,66)/t44-,47-,48-,51-/m1/s1. The summed E-state index contributed by atoms with van der Waals surface area (Å²) in [6.45, 7) is 12.7. The van der Waals surface area contributed by atoms with E-state index in [-0.39, 0.29) is 28.7 Å². The van der Waals surface area contributed by atoms with E-state index >= 15 is 0 Å². The molecule has 4 atom stereocenters. The third kappa shape index (κ3) is 11.8. The molecular weight excluding hydrogens is 893 g/mol. The number of hydrogen-bond acceptors (Lipinski definition) is 13. The highest BCUT2D eigenvalue weighted by Crippen LogP contribution is 2.41. The Morgan fingerprint density at radius 1 is 0.899 bits per heavy atom. The Kier molecular flexibility index (Phi) is 15.3. The van der Waals surface area contributed by atoms with Crippen LogP contribution in [0.5, 0.6) is 5.75 Å². The van der Waals surface area contributed by atoms with Gasteiger partial charge >= 0.3 is 6.03 Å². The molecule has 15 nitrogen and oxygen atoms in total. The number of aliphatic hydroxyl groups is 2. The summed E-state index contributed by atoms with van der Waals surface area (Å²) in [5, 5.41) is 42.6. The first-order valence-electron chi connectivity index (χ1n) is 23.8. The lowest BCUT2D eigenvalue weighted by atomic mass is 9.87. The van der Waals surface area contributed by atoms with Gasteiger partial charge in [0.1, 0.15) is 41.7 Å². The molecule has 2 aliphatic heterocycles. The molecule has 1 saturated heterocycles. The molecule has 69 heavy (non-hydrogen) atoms. The van der Waals surface area contributed by atoms with E-state index in [1.165, 1.54) is 24.0 Å². The van der Waals surface area contributed by atoms with Gasteiger partial charge < -0.3 is 40.4 Å². The Balaban J connectivity index is 0.778. The van der Waals surface area contributed by atoms with Crippen LogP contribution in [0, 0.1) is 0 Å². The van der Waals surface area contributed by atoms with Crippen molar-refractivity contribution >= 4 is 56.8 Å². The number of thiocarbonyl (C=S) groups is 1. The topological polar surface area (TPSA) is 200 Å². The molecule has 1 aliphatic carbocycles. The SMILES string of the molecule is CC(C)N(CCCNC(=O)Nc1ccc(C(C)(C)C)cc1)C[C@H]1O[C@@H](n2cnc3c(NCCCCCC(=S)Cc4ccc(-c5c6ccc(=O)cc-6oc6cc(O)ccc56)cc4)ncnc32)[C@H](O)[C@@H]1O. The molecule has 2 amide bonds. The number of benzene rings is 4. The van der Waals surface area contributed by atoms with E-state index in [0.717, 1.165) is 63.9 Å². The first kappa shape index (κ1) is 49.1. The molecule has 0 unspecified atom stereocenters. The highest BCUT2D eigenvalue weighted by Gasteiger charge is 2.45. The molecule has 4 heterocycles. The lowest BCUT2D eigenvalue weighted by molar-refractivity contribution is -0.0468. The number of carbonyl (C=O) groups is 1. The maximum atomic E-state index is 12.6. The van der Waals surface area contributed by atoms with Gasteiger partial charge in [-0.05, 0) is 103 Å². The molecule has 5 aromatic rings. The number of fused-ring (bicyclic) bond motifs is 3. The zero-order valence-electron chi connectivity index (χ0n) is 39.8. The normalized spacial score (nSPS) is 17.3. The van der Waals surface area contributed by atoms with E-state index in [2.05, 4.69) is 94.7 Å². The van der Waals surface area contributed by atoms with Crippen LogP contribution >= 0.6 is 12.2 Å². The number of nitrogens with one attached hydrogen (secondary N) is 3. The van der Waals surface area contributed by atoms with Crippen LogP contribution < -0.4 is 21.4 Å². The first-order chi connectivity index (χ1) is 33.1. The number of phenols is 1. The highest BCUT2D eigenvalue weighted by atomic mass is 32.1. The van der Waals surface area contributed by atoms with Gasteiger partial charge in [0.25, 0.3) is 0 Å². The van der Waals surface area contributed by atoms with E-state index < -0.39 is 24.5 Å². The molecule has 16 heteroatoms. The minimum atomic E-state index is -1.21. The lowest BCUT2D eigenvalue weighted by Crippen LogP contribution is -2.44. The van der Waals surface area contributed by atoms with Crippen molar-refractivity contribution in [3.8, 4) is 28.2 Å². The number of hydrogen-bond donors (Lipinski definition) is 6. The molecule has 2 aromatic heterocycles. The highest BCUT2D eigenvalue weighted by molar-refractivity contribution is 7.80. The summed E-state index contributed by atoms with van der Waals surface area (Å²) in [7, 11) is 0. The molecule has 3 aliphatic rings. The number of unbranched alkanes of at least 4 members (excludes halogenated alkanes) is 2. The number of aliphatic hydroxyl groups excluding tert-OH is 2. The van der Waals surface area contributed by atoms with Crippen molar-refractivity contribution in [2.75, 3.05) is 36.8 Å². The van der Waals surface area contributed by atoms with E-state index in [1.54, 1.807) is 29.1 Å². The molecule has 0 bridgehead atoms. The maximum Gasteiger partial charge on any atom is 0.319 e. The minimum Gasteiger partial charge on any atom is -0.508 e. The smallest absolute Gasteiger partial charge is 0.319 e. The molecule has 8 rings (SSSR count). The quantitative estimate of drug-likeness (QED) is 0.0256. The van der Waals surface area contributed by atoms with Gasteiger partial charge in [-0.2, -0.15) is 0 Å². The summed E-state index contributed by atoms with van der Waals surface area (Å²) in [5.41, 5.74) is 7.19. The van der Waals surface area contributed by atoms with E-state index in [4.69, 9.17) is 21.4 Å². The molecule has 362 valence electrons. The van der Waals surface area contributed by atoms with Crippen LogP contribution in [0.3, 0.4) is 0 Å². The van der Waals surface area contributed by atoms with Crippen molar-refractivity contribution in [1.82, 2.24) is 29.7 Å². The van der Waals surface area contributed by atoms with E-state index in [0.29, 0.717) is 67.3 Å². The largest absolute Gasteiger partial charge is 0.508 e. The molecule has 3 aromatic carbocycles. The van der Waals surface area contributed by atoms with Crippen LogP contribution in [0.15, 0.2) is 107 Å². The summed E-state index contributed by atoms with van der Waals surface area (Å²) < 4.78 is 14.0. The number of nitrogens with zero attached hydrogens (tertiary/aromatic N) is 5.